The minimum atomic E-state index is -1.76. The van der Waals surface area contributed by atoms with Crippen LogP contribution in [0.4, 0.5) is 5.69 Å². The van der Waals surface area contributed by atoms with Crippen LogP contribution in [0.3, 0.4) is 0 Å². The number of aliphatic hydroxyl groups excluding tert-OH is 1. The number of likely N-dealkylation sites (tertiary alicyclic amines) is 1. The Balaban J connectivity index is 1.97. The Kier molecular flexibility index (Phi) is 6.93. The van der Waals surface area contributed by atoms with Crippen molar-refractivity contribution in [3.8, 4) is 5.75 Å². The number of benzene rings is 2. The van der Waals surface area contributed by atoms with Gasteiger partial charge in [0.1, 0.15) is 11.5 Å². The number of anilines is 1. The second-order valence-electron chi connectivity index (χ2n) is 8.50. The largest absolute Gasteiger partial charge is 0.507 e. The first-order chi connectivity index (χ1) is 16.9. The first-order valence-corrected chi connectivity index (χ1v) is 11.9. The number of amides is 2. The van der Waals surface area contributed by atoms with Gasteiger partial charge in [-0.05, 0) is 43.7 Å². The lowest BCUT2D eigenvalue weighted by molar-refractivity contribution is -0.144. The number of aliphatic hydroxyl groups is 1. The fraction of sp³-hybridized carbons (Fsp3) is 0.370. The molecule has 2 aromatic carbocycles. The number of ether oxygens (including phenoxy) is 2. The Bertz CT molecular complexity index is 1170. The average Bonchev–Trinajstić information content (AvgIpc) is 3.24. The van der Waals surface area contributed by atoms with Crippen molar-refractivity contribution in [3.63, 3.8) is 0 Å². The number of carbonyl (C=O) groups excluding carboxylic acids is 3. The van der Waals surface area contributed by atoms with Crippen LogP contribution in [-0.4, -0.2) is 61.0 Å². The number of para-hydroxylation sites is 1. The van der Waals surface area contributed by atoms with E-state index in [0.717, 1.165) is 12.8 Å². The van der Waals surface area contributed by atoms with E-state index in [9.17, 15) is 19.5 Å². The van der Waals surface area contributed by atoms with Gasteiger partial charge in [-0.1, -0.05) is 31.5 Å². The molecule has 2 aromatic rings. The molecule has 8 heteroatoms. The monoisotopic (exact) mass is 478 g/mol. The van der Waals surface area contributed by atoms with Crippen LogP contribution in [0.2, 0.25) is 0 Å². The van der Waals surface area contributed by atoms with E-state index in [1.807, 2.05) is 26.0 Å². The zero-order valence-electron chi connectivity index (χ0n) is 20.2. The van der Waals surface area contributed by atoms with Crippen molar-refractivity contribution in [2.45, 2.75) is 32.2 Å². The number of methoxy groups -OCH3 is 1. The Labute approximate surface area is 204 Å². The lowest BCUT2D eigenvalue weighted by atomic mass is 9.82. The Morgan fingerprint density at radius 3 is 2.37 bits per heavy atom. The molecule has 1 saturated heterocycles. The van der Waals surface area contributed by atoms with Gasteiger partial charge < -0.3 is 24.4 Å². The van der Waals surface area contributed by atoms with Crippen LogP contribution in [-0.2, 0) is 24.7 Å². The number of carbonyl (C=O) groups is 3. The van der Waals surface area contributed by atoms with Crippen molar-refractivity contribution in [2.75, 3.05) is 38.3 Å². The smallest absolute Gasteiger partial charge is 0.296 e. The molecule has 0 aromatic heterocycles. The molecule has 2 amide bonds. The van der Waals surface area contributed by atoms with Gasteiger partial charge >= 0.3 is 0 Å². The highest BCUT2D eigenvalue weighted by molar-refractivity contribution is 6.50. The summed E-state index contributed by atoms with van der Waals surface area (Å²) in [6, 6.07) is 13.7. The second kappa shape index (κ2) is 9.92. The summed E-state index contributed by atoms with van der Waals surface area (Å²) in [5, 5.41) is 11.4. The minimum Gasteiger partial charge on any atom is -0.507 e. The van der Waals surface area contributed by atoms with Gasteiger partial charge in [0, 0.05) is 31.3 Å². The summed E-state index contributed by atoms with van der Waals surface area (Å²) < 4.78 is 10.7. The van der Waals surface area contributed by atoms with E-state index < -0.39 is 28.9 Å². The summed E-state index contributed by atoms with van der Waals surface area (Å²) in [5.41, 5.74) is -0.537. The maximum atomic E-state index is 14.2. The maximum Gasteiger partial charge on any atom is 0.296 e. The third-order valence-corrected chi connectivity index (χ3v) is 6.50. The van der Waals surface area contributed by atoms with Crippen LogP contribution in [0.1, 0.15) is 37.8 Å². The van der Waals surface area contributed by atoms with Gasteiger partial charge in [0.15, 0.2) is 5.54 Å². The van der Waals surface area contributed by atoms with Gasteiger partial charge in [-0.25, -0.2) is 0 Å². The number of Topliss-reactive ketones (excluding diaryl/α,β-unsaturated/α-hetero) is 1. The highest BCUT2D eigenvalue weighted by Gasteiger charge is 2.66. The summed E-state index contributed by atoms with van der Waals surface area (Å²) in [6.45, 7) is 4.95. The van der Waals surface area contributed by atoms with Crippen LogP contribution in [0.15, 0.2) is 54.1 Å². The van der Waals surface area contributed by atoms with Gasteiger partial charge in [-0.3, -0.25) is 14.4 Å². The quantitative estimate of drug-likeness (QED) is 0.337. The molecule has 0 saturated carbocycles. The average molecular weight is 479 g/mol. The Morgan fingerprint density at radius 2 is 1.71 bits per heavy atom. The van der Waals surface area contributed by atoms with Crippen LogP contribution in [0.25, 0.3) is 5.76 Å². The summed E-state index contributed by atoms with van der Waals surface area (Å²) >= 11 is 0. The van der Waals surface area contributed by atoms with Gasteiger partial charge in [-0.2, -0.15) is 0 Å². The highest BCUT2D eigenvalue weighted by Crippen LogP contribution is 2.53. The van der Waals surface area contributed by atoms with E-state index in [2.05, 4.69) is 0 Å². The molecule has 0 aliphatic carbocycles. The van der Waals surface area contributed by atoms with Crippen LogP contribution >= 0.6 is 0 Å². The topological polar surface area (TPSA) is 96.4 Å². The van der Waals surface area contributed by atoms with Crippen LogP contribution in [0, 0.1) is 0 Å². The highest BCUT2D eigenvalue weighted by atomic mass is 16.5. The minimum absolute atomic E-state index is 0.0167. The van der Waals surface area contributed by atoms with Gasteiger partial charge in [0.25, 0.3) is 17.6 Å². The van der Waals surface area contributed by atoms with Crippen molar-refractivity contribution >= 4 is 29.0 Å². The summed E-state index contributed by atoms with van der Waals surface area (Å²) in [4.78, 5) is 43.9. The lowest BCUT2D eigenvalue weighted by Crippen LogP contribution is -2.52. The van der Waals surface area contributed by atoms with Crippen LogP contribution < -0.4 is 9.64 Å². The standard InChI is InChI=1S/C27H30N2O6/c1-4-6-15-28-21-10-8-7-9-20(21)27(26(28)33)22(24(31)25(32)29(27)16-17-34-3)23(30)18-11-13-19(14-12-18)35-5-2/h7-14,30H,4-6,15-17H2,1-3H3/b23-22-. The fourth-order valence-corrected chi connectivity index (χ4v) is 4.91. The third kappa shape index (κ3) is 3.78. The zero-order chi connectivity index (χ0) is 25.2. The number of hydrogen-bond donors (Lipinski definition) is 1. The molecule has 35 heavy (non-hydrogen) atoms. The molecule has 1 N–H and O–H groups in total. The number of unbranched alkanes of at least 4 members (excludes halogenated alkanes) is 1. The Morgan fingerprint density at radius 1 is 1.00 bits per heavy atom. The molecule has 1 unspecified atom stereocenters. The number of fused-ring (bicyclic) bond motifs is 2. The molecular formula is C27H30N2O6. The first-order valence-electron chi connectivity index (χ1n) is 11.9. The molecule has 0 radical (unpaired) electrons. The molecular weight excluding hydrogens is 448 g/mol. The molecule has 8 nitrogen and oxygen atoms in total. The maximum absolute atomic E-state index is 14.2. The number of nitrogens with zero attached hydrogens (tertiary/aromatic N) is 2. The number of rotatable bonds is 9. The zero-order valence-corrected chi connectivity index (χ0v) is 20.2. The number of ketones is 1. The third-order valence-electron chi connectivity index (χ3n) is 6.50. The van der Waals surface area contributed by atoms with E-state index in [1.54, 1.807) is 41.3 Å². The van der Waals surface area contributed by atoms with Crippen LogP contribution in [0.5, 0.6) is 5.75 Å². The van der Waals surface area contributed by atoms with Crippen molar-refractivity contribution in [3.05, 3.63) is 65.2 Å². The Hall–Kier alpha value is -3.65. The summed E-state index contributed by atoms with van der Waals surface area (Å²) in [6.07, 6.45) is 1.62. The van der Waals surface area contributed by atoms with E-state index >= 15 is 0 Å². The lowest BCUT2D eigenvalue weighted by Gasteiger charge is -2.34. The summed E-state index contributed by atoms with van der Waals surface area (Å²) in [7, 11) is 1.49. The normalized spacial score (nSPS) is 20.7. The molecule has 4 rings (SSSR count). The van der Waals surface area contributed by atoms with Gasteiger partial charge in [0.2, 0.25) is 0 Å². The van der Waals surface area contributed by atoms with E-state index in [0.29, 0.717) is 35.7 Å². The van der Waals surface area contributed by atoms with E-state index in [1.165, 1.54) is 12.0 Å². The van der Waals surface area contributed by atoms with Gasteiger partial charge in [-0.15, -0.1) is 0 Å². The first kappa shape index (κ1) is 24.5. The van der Waals surface area contributed by atoms with Gasteiger partial charge in [0.05, 0.1) is 24.5 Å². The van der Waals surface area contributed by atoms with Crippen molar-refractivity contribution in [2.24, 2.45) is 0 Å². The van der Waals surface area contributed by atoms with E-state index in [4.69, 9.17) is 9.47 Å². The molecule has 1 atom stereocenters. The fourth-order valence-electron chi connectivity index (χ4n) is 4.91. The molecule has 0 bridgehead atoms. The van der Waals surface area contributed by atoms with Crippen molar-refractivity contribution in [1.82, 2.24) is 4.90 Å². The summed E-state index contributed by atoms with van der Waals surface area (Å²) in [5.74, 6) is -1.95. The van der Waals surface area contributed by atoms with Crippen molar-refractivity contribution in [1.29, 1.82) is 0 Å². The SMILES string of the molecule is CCCCN1C(=O)C2(/C(=C(\O)c3ccc(OCC)cc3)C(=O)C(=O)N2CCOC)c2ccccc21. The molecule has 184 valence electrons. The molecule has 2 aliphatic heterocycles. The predicted molar refractivity (Wildman–Crippen MR) is 131 cm³/mol. The van der Waals surface area contributed by atoms with E-state index in [-0.39, 0.29) is 18.7 Å². The molecule has 2 heterocycles. The number of hydrogen-bond acceptors (Lipinski definition) is 6. The molecule has 1 spiro atoms. The van der Waals surface area contributed by atoms with Crippen molar-refractivity contribution < 1.29 is 29.0 Å². The molecule has 1 fully saturated rings. The molecule has 2 aliphatic rings. The second-order valence-corrected chi connectivity index (χ2v) is 8.50. The predicted octanol–water partition coefficient (Wildman–Crippen LogP) is 3.45.